The van der Waals surface area contributed by atoms with E-state index in [1.807, 2.05) is 30.5 Å². The average Bonchev–Trinajstić information content (AvgIpc) is 2.77. The van der Waals surface area contributed by atoms with E-state index in [1.54, 1.807) is 0 Å². The van der Waals surface area contributed by atoms with Gasteiger partial charge in [-0.05, 0) is 41.7 Å². The molecule has 1 aliphatic rings. The van der Waals surface area contributed by atoms with Gasteiger partial charge < -0.3 is 10.2 Å². The highest BCUT2D eigenvalue weighted by Crippen LogP contribution is 2.25. The Morgan fingerprint density at radius 3 is 2.63 bits per heavy atom. The van der Waals surface area contributed by atoms with E-state index in [0.29, 0.717) is 6.42 Å². The van der Waals surface area contributed by atoms with Gasteiger partial charge in [-0.1, -0.05) is 49.4 Å². The molecule has 1 atom stereocenters. The Balaban J connectivity index is 0.00000160. The maximum Gasteiger partial charge on any atom is 0.223 e. The molecule has 0 spiro atoms. The number of piperazine rings is 1. The summed E-state index contributed by atoms with van der Waals surface area (Å²) in [5.41, 5.74) is 4.73. The molecule has 6 heteroatoms. The maximum absolute atomic E-state index is 13.1. The van der Waals surface area contributed by atoms with Crippen molar-refractivity contribution in [1.82, 2.24) is 15.2 Å². The molecule has 3 aromatic rings. The van der Waals surface area contributed by atoms with Crippen molar-refractivity contribution in [2.24, 2.45) is 0 Å². The van der Waals surface area contributed by atoms with E-state index in [4.69, 9.17) is 0 Å². The number of hydrogen-bond acceptors (Lipinski definition) is 3. The molecule has 1 aliphatic heterocycles. The highest BCUT2D eigenvalue weighted by molar-refractivity contribution is 5.85. The van der Waals surface area contributed by atoms with Crippen LogP contribution in [0.3, 0.4) is 0 Å². The van der Waals surface area contributed by atoms with Gasteiger partial charge in [-0.15, -0.1) is 24.8 Å². The number of benzene rings is 2. The summed E-state index contributed by atoms with van der Waals surface area (Å²) < 4.78 is 0. The van der Waals surface area contributed by atoms with E-state index >= 15 is 0 Å². The van der Waals surface area contributed by atoms with Gasteiger partial charge in [0, 0.05) is 37.6 Å². The van der Waals surface area contributed by atoms with Crippen LogP contribution in [0.15, 0.2) is 60.8 Å². The quantitative estimate of drug-likeness (QED) is 0.616. The predicted octanol–water partition coefficient (Wildman–Crippen LogP) is 4.75. The molecule has 4 nitrogen and oxygen atoms in total. The van der Waals surface area contributed by atoms with Crippen LogP contribution in [0, 0.1) is 0 Å². The fourth-order valence-electron chi connectivity index (χ4n) is 4.03. The van der Waals surface area contributed by atoms with E-state index in [-0.39, 0.29) is 36.8 Å². The molecule has 1 saturated heterocycles. The number of fused-ring (bicyclic) bond motifs is 1. The molecule has 1 amide bonds. The molecule has 2 heterocycles. The standard InChI is InChI=1S/C24H27N3O.2ClH/c1-2-18-7-9-20(10-8-18)23-17-25-15-16-27(23)24(28)12-11-19-13-14-26-22-6-4-3-5-21(19)22;;/h3-10,13-14,23,25H,2,11-12,15-17H2,1H3;2*1H. The summed E-state index contributed by atoms with van der Waals surface area (Å²) in [5.74, 6) is 0.229. The lowest BCUT2D eigenvalue weighted by Crippen LogP contribution is -2.48. The lowest BCUT2D eigenvalue weighted by atomic mass is 9.99. The summed E-state index contributed by atoms with van der Waals surface area (Å²) in [4.78, 5) is 19.6. The van der Waals surface area contributed by atoms with Gasteiger partial charge in [-0.25, -0.2) is 0 Å². The van der Waals surface area contributed by atoms with Gasteiger partial charge in [0.25, 0.3) is 0 Å². The molecule has 0 saturated carbocycles. The fraction of sp³-hybridized carbons (Fsp3) is 0.333. The minimum atomic E-state index is 0. The Hall–Kier alpha value is -2.14. The molecule has 1 unspecified atom stereocenters. The Kier molecular flexibility index (Phi) is 9.09. The van der Waals surface area contributed by atoms with Crippen LogP contribution in [0.5, 0.6) is 0 Å². The largest absolute Gasteiger partial charge is 0.333 e. The Labute approximate surface area is 190 Å². The van der Waals surface area contributed by atoms with Crippen LogP contribution in [-0.2, 0) is 17.6 Å². The number of aryl methyl sites for hydroxylation is 2. The lowest BCUT2D eigenvalue weighted by molar-refractivity contribution is -0.134. The van der Waals surface area contributed by atoms with Crippen LogP contribution in [0.25, 0.3) is 10.9 Å². The van der Waals surface area contributed by atoms with Gasteiger partial charge in [0.2, 0.25) is 5.91 Å². The molecule has 1 aromatic heterocycles. The summed E-state index contributed by atoms with van der Waals surface area (Å²) in [5, 5.41) is 4.59. The number of halogens is 2. The van der Waals surface area contributed by atoms with Crippen molar-refractivity contribution in [1.29, 1.82) is 0 Å². The summed E-state index contributed by atoms with van der Waals surface area (Å²) in [6.45, 7) is 4.59. The second kappa shape index (κ2) is 11.3. The molecule has 30 heavy (non-hydrogen) atoms. The van der Waals surface area contributed by atoms with Crippen molar-refractivity contribution < 1.29 is 4.79 Å². The van der Waals surface area contributed by atoms with Gasteiger partial charge in [0.05, 0.1) is 11.6 Å². The second-order valence-corrected chi connectivity index (χ2v) is 7.39. The smallest absolute Gasteiger partial charge is 0.223 e. The minimum absolute atomic E-state index is 0. The van der Waals surface area contributed by atoms with Crippen molar-refractivity contribution in [3.05, 3.63) is 77.5 Å². The molecule has 4 rings (SSSR count). The van der Waals surface area contributed by atoms with Crippen molar-refractivity contribution >= 4 is 41.6 Å². The first kappa shape index (κ1) is 24.1. The van der Waals surface area contributed by atoms with Crippen molar-refractivity contribution in [3.8, 4) is 0 Å². The van der Waals surface area contributed by atoms with E-state index < -0.39 is 0 Å². The zero-order valence-corrected chi connectivity index (χ0v) is 18.8. The van der Waals surface area contributed by atoms with Crippen molar-refractivity contribution in [3.63, 3.8) is 0 Å². The van der Waals surface area contributed by atoms with Gasteiger partial charge in [-0.3, -0.25) is 9.78 Å². The number of aromatic nitrogens is 1. The van der Waals surface area contributed by atoms with Gasteiger partial charge in [-0.2, -0.15) is 0 Å². The predicted molar refractivity (Wildman–Crippen MR) is 128 cm³/mol. The number of carbonyl (C=O) groups excluding carboxylic acids is 1. The van der Waals surface area contributed by atoms with Crippen LogP contribution in [-0.4, -0.2) is 35.4 Å². The van der Waals surface area contributed by atoms with E-state index in [9.17, 15) is 4.79 Å². The van der Waals surface area contributed by atoms with Crippen LogP contribution in [0.1, 0.15) is 36.1 Å². The van der Waals surface area contributed by atoms with Crippen LogP contribution < -0.4 is 5.32 Å². The second-order valence-electron chi connectivity index (χ2n) is 7.39. The van der Waals surface area contributed by atoms with Crippen LogP contribution in [0.4, 0.5) is 0 Å². The molecule has 0 aliphatic carbocycles. The number of para-hydroxylation sites is 1. The number of amides is 1. The highest BCUT2D eigenvalue weighted by atomic mass is 35.5. The summed E-state index contributed by atoms with van der Waals surface area (Å²) in [7, 11) is 0. The molecule has 1 fully saturated rings. The Bertz CT molecular complexity index is 957. The lowest BCUT2D eigenvalue weighted by Gasteiger charge is -2.37. The third kappa shape index (κ3) is 5.31. The summed E-state index contributed by atoms with van der Waals surface area (Å²) in [6, 6.07) is 19.0. The zero-order chi connectivity index (χ0) is 19.3. The number of pyridine rings is 1. The maximum atomic E-state index is 13.1. The van der Waals surface area contributed by atoms with E-state index in [2.05, 4.69) is 52.5 Å². The third-order valence-electron chi connectivity index (χ3n) is 5.68. The Morgan fingerprint density at radius 2 is 1.87 bits per heavy atom. The number of carbonyl (C=O) groups is 1. The highest BCUT2D eigenvalue weighted by Gasteiger charge is 2.27. The minimum Gasteiger partial charge on any atom is -0.333 e. The molecule has 2 aromatic carbocycles. The number of hydrogen-bond donors (Lipinski definition) is 1. The van der Waals surface area contributed by atoms with Crippen molar-refractivity contribution in [2.45, 2.75) is 32.2 Å². The summed E-state index contributed by atoms with van der Waals surface area (Å²) in [6.07, 6.45) is 4.14. The molecule has 0 radical (unpaired) electrons. The number of rotatable bonds is 5. The average molecular weight is 446 g/mol. The number of nitrogens with zero attached hydrogens (tertiary/aromatic N) is 2. The van der Waals surface area contributed by atoms with Gasteiger partial charge in [0.1, 0.15) is 0 Å². The fourth-order valence-corrected chi connectivity index (χ4v) is 4.03. The first-order valence-electron chi connectivity index (χ1n) is 10.2. The molecule has 1 N–H and O–H groups in total. The number of nitrogens with one attached hydrogen (secondary N) is 1. The normalized spacial score (nSPS) is 15.9. The molecular weight excluding hydrogens is 417 g/mol. The topological polar surface area (TPSA) is 45.2 Å². The molecule has 0 bridgehead atoms. The van der Waals surface area contributed by atoms with E-state index in [0.717, 1.165) is 43.4 Å². The molecule has 160 valence electrons. The Morgan fingerprint density at radius 1 is 1.10 bits per heavy atom. The van der Waals surface area contributed by atoms with Gasteiger partial charge in [0.15, 0.2) is 0 Å². The van der Waals surface area contributed by atoms with Crippen LogP contribution >= 0.6 is 24.8 Å². The van der Waals surface area contributed by atoms with E-state index in [1.165, 1.54) is 16.7 Å². The third-order valence-corrected chi connectivity index (χ3v) is 5.68. The first-order chi connectivity index (χ1) is 13.8. The molecular formula is C24H29Cl2N3O. The SMILES string of the molecule is CCc1ccc(C2CNCCN2C(=O)CCc2ccnc3ccccc23)cc1.Cl.Cl. The first-order valence-corrected chi connectivity index (χ1v) is 10.2. The monoisotopic (exact) mass is 445 g/mol. The van der Waals surface area contributed by atoms with Gasteiger partial charge >= 0.3 is 0 Å². The van der Waals surface area contributed by atoms with Crippen molar-refractivity contribution in [2.75, 3.05) is 19.6 Å². The van der Waals surface area contributed by atoms with Crippen LogP contribution in [0.2, 0.25) is 0 Å². The zero-order valence-electron chi connectivity index (χ0n) is 17.2. The summed E-state index contributed by atoms with van der Waals surface area (Å²) >= 11 is 0.